The number of nitrogens with zero attached hydrogens (tertiary/aromatic N) is 2. The number of benzene rings is 2. The van der Waals surface area contributed by atoms with E-state index in [0.29, 0.717) is 27.3 Å². The number of halogens is 1. The Labute approximate surface area is 158 Å². The zero-order valence-electron chi connectivity index (χ0n) is 13.8. The van der Waals surface area contributed by atoms with Gasteiger partial charge in [-0.3, -0.25) is 4.79 Å². The highest BCUT2D eigenvalue weighted by atomic mass is 35.5. The third-order valence-electron chi connectivity index (χ3n) is 4.35. The number of phenols is 1. The van der Waals surface area contributed by atoms with Crippen LogP contribution in [-0.4, -0.2) is 19.8 Å². The largest absolute Gasteiger partial charge is 0.507 e. The SMILES string of the molecule is N#Cc1c(O)c2c(ccn2-c2ccc(-c3ccc(Cl)cc3O)cc2)[nH]c1=O. The maximum absolute atomic E-state index is 11.8. The number of aromatic amines is 1. The lowest BCUT2D eigenvalue weighted by Crippen LogP contribution is -2.10. The molecule has 2 aromatic carbocycles. The van der Waals surface area contributed by atoms with Gasteiger partial charge in [0.2, 0.25) is 0 Å². The average molecular weight is 378 g/mol. The van der Waals surface area contributed by atoms with Gasteiger partial charge in [-0.1, -0.05) is 23.7 Å². The summed E-state index contributed by atoms with van der Waals surface area (Å²) in [5.74, 6) is -0.281. The monoisotopic (exact) mass is 377 g/mol. The molecule has 132 valence electrons. The first kappa shape index (κ1) is 16.8. The van der Waals surface area contributed by atoms with Crippen molar-refractivity contribution in [1.29, 1.82) is 5.26 Å². The van der Waals surface area contributed by atoms with E-state index < -0.39 is 5.56 Å². The summed E-state index contributed by atoms with van der Waals surface area (Å²) in [6.45, 7) is 0. The molecule has 0 aliphatic rings. The molecule has 4 aromatic rings. The number of fused-ring (bicyclic) bond motifs is 1. The third kappa shape index (κ3) is 2.71. The smallest absolute Gasteiger partial charge is 0.270 e. The van der Waals surface area contributed by atoms with Crippen molar-refractivity contribution >= 4 is 22.6 Å². The molecule has 0 atom stereocenters. The molecule has 2 heterocycles. The Hall–Kier alpha value is -3.69. The molecule has 0 saturated carbocycles. The van der Waals surface area contributed by atoms with Gasteiger partial charge in [0, 0.05) is 22.5 Å². The normalized spacial score (nSPS) is 10.8. The summed E-state index contributed by atoms with van der Waals surface area (Å²) >= 11 is 5.87. The van der Waals surface area contributed by atoms with Gasteiger partial charge < -0.3 is 19.8 Å². The molecule has 3 N–H and O–H groups in total. The fourth-order valence-electron chi connectivity index (χ4n) is 3.05. The Balaban J connectivity index is 1.83. The second-order valence-corrected chi connectivity index (χ2v) is 6.38. The van der Waals surface area contributed by atoms with E-state index in [1.807, 2.05) is 12.1 Å². The fourth-order valence-corrected chi connectivity index (χ4v) is 3.22. The fraction of sp³-hybridized carbons (Fsp3) is 0. The first-order valence-corrected chi connectivity index (χ1v) is 8.33. The molecule has 0 amide bonds. The number of H-pyrrole nitrogens is 1. The molecule has 0 spiro atoms. The van der Waals surface area contributed by atoms with Crippen LogP contribution in [-0.2, 0) is 0 Å². The molecule has 0 unspecified atom stereocenters. The number of hydrogen-bond acceptors (Lipinski definition) is 4. The molecular formula is C20H12ClN3O3. The zero-order chi connectivity index (χ0) is 19.1. The summed E-state index contributed by atoms with van der Waals surface area (Å²) in [6.07, 6.45) is 1.69. The van der Waals surface area contributed by atoms with Crippen LogP contribution in [0.25, 0.3) is 27.8 Å². The van der Waals surface area contributed by atoms with E-state index in [1.165, 1.54) is 6.07 Å². The zero-order valence-corrected chi connectivity index (χ0v) is 14.5. The molecule has 0 fully saturated rings. The lowest BCUT2D eigenvalue weighted by molar-refractivity contribution is 0.476. The number of nitriles is 1. The number of aromatic nitrogens is 2. The van der Waals surface area contributed by atoms with Crippen LogP contribution < -0.4 is 5.56 Å². The van der Waals surface area contributed by atoms with Crippen LogP contribution in [0, 0.1) is 11.3 Å². The van der Waals surface area contributed by atoms with Crippen LogP contribution in [0.3, 0.4) is 0 Å². The van der Waals surface area contributed by atoms with Crippen LogP contribution in [0.5, 0.6) is 11.5 Å². The minimum Gasteiger partial charge on any atom is -0.507 e. The van der Waals surface area contributed by atoms with Crippen molar-refractivity contribution in [3.63, 3.8) is 0 Å². The van der Waals surface area contributed by atoms with Crippen molar-refractivity contribution in [1.82, 2.24) is 9.55 Å². The molecule has 2 aromatic heterocycles. The molecule has 0 bridgehead atoms. The molecule has 0 aliphatic carbocycles. The second-order valence-electron chi connectivity index (χ2n) is 5.95. The molecule has 7 heteroatoms. The third-order valence-corrected chi connectivity index (χ3v) is 4.59. The van der Waals surface area contributed by atoms with Gasteiger partial charge in [0.1, 0.15) is 17.3 Å². The van der Waals surface area contributed by atoms with Gasteiger partial charge in [-0.05, 0) is 42.0 Å². The number of phenolic OH excluding ortho intramolecular Hbond substituents is 1. The van der Waals surface area contributed by atoms with Crippen molar-refractivity contribution < 1.29 is 10.2 Å². The van der Waals surface area contributed by atoms with Gasteiger partial charge in [-0.25, -0.2) is 0 Å². The molecule has 0 radical (unpaired) electrons. The Kier molecular flexibility index (Phi) is 3.87. The standard InChI is InChI=1S/C20H12ClN3O3/c21-12-3-6-14(17(25)9-12)11-1-4-13(5-2-11)24-8-7-16-18(24)19(26)15(10-22)20(27)23-16/h1-9,25H,(H2,23,26,27). The maximum atomic E-state index is 11.8. The van der Waals surface area contributed by atoms with E-state index in [2.05, 4.69) is 4.98 Å². The topological polar surface area (TPSA) is 102 Å². The van der Waals surface area contributed by atoms with Crippen LogP contribution in [0.15, 0.2) is 59.5 Å². The van der Waals surface area contributed by atoms with Gasteiger partial charge in [0.15, 0.2) is 11.3 Å². The summed E-state index contributed by atoms with van der Waals surface area (Å²) in [5, 5.41) is 30.0. The number of aromatic hydroxyl groups is 2. The lowest BCUT2D eigenvalue weighted by atomic mass is 10.0. The van der Waals surface area contributed by atoms with Crippen LogP contribution in [0.1, 0.15) is 5.56 Å². The Bertz CT molecular complexity index is 1280. The summed E-state index contributed by atoms with van der Waals surface area (Å²) in [5.41, 5.74) is 1.96. The molecule has 4 rings (SSSR count). The Morgan fingerprint density at radius 1 is 1.07 bits per heavy atom. The summed E-state index contributed by atoms with van der Waals surface area (Å²) < 4.78 is 1.67. The first-order chi connectivity index (χ1) is 13.0. The average Bonchev–Trinajstić information content (AvgIpc) is 3.06. The maximum Gasteiger partial charge on any atom is 0.270 e. The van der Waals surface area contributed by atoms with Gasteiger partial charge in [-0.2, -0.15) is 5.26 Å². The second kappa shape index (κ2) is 6.24. The van der Waals surface area contributed by atoms with E-state index >= 15 is 0 Å². The van der Waals surface area contributed by atoms with E-state index in [0.717, 1.165) is 5.56 Å². The minimum atomic E-state index is -0.631. The van der Waals surface area contributed by atoms with Crippen molar-refractivity contribution in [2.24, 2.45) is 0 Å². The number of hydrogen-bond donors (Lipinski definition) is 3. The number of rotatable bonds is 2. The van der Waals surface area contributed by atoms with Crippen LogP contribution in [0.4, 0.5) is 0 Å². The van der Waals surface area contributed by atoms with E-state index in [4.69, 9.17) is 16.9 Å². The van der Waals surface area contributed by atoms with Gasteiger partial charge in [0.05, 0.1) is 5.52 Å². The lowest BCUT2D eigenvalue weighted by Gasteiger charge is -2.10. The predicted molar refractivity (Wildman–Crippen MR) is 102 cm³/mol. The van der Waals surface area contributed by atoms with E-state index in [-0.39, 0.29) is 17.1 Å². The molecule has 0 saturated heterocycles. The molecule has 6 nitrogen and oxygen atoms in total. The van der Waals surface area contributed by atoms with Gasteiger partial charge in [-0.15, -0.1) is 0 Å². The van der Waals surface area contributed by atoms with Gasteiger partial charge >= 0.3 is 0 Å². The van der Waals surface area contributed by atoms with Crippen molar-refractivity contribution in [2.75, 3.05) is 0 Å². The number of nitrogens with one attached hydrogen (secondary N) is 1. The first-order valence-electron chi connectivity index (χ1n) is 7.95. The number of pyridine rings is 1. The summed E-state index contributed by atoms with van der Waals surface area (Å²) in [6, 6.07) is 15.5. The van der Waals surface area contributed by atoms with Gasteiger partial charge in [0.25, 0.3) is 5.56 Å². The van der Waals surface area contributed by atoms with Crippen molar-refractivity contribution in [3.05, 3.63) is 75.7 Å². The minimum absolute atomic E-state index is 0.0792. The van der Waals surface area contributed by atoms with E-state index in [9.17, 15) is 15.0 Å². The summed E-state index contributed by atoms with van der Waals surface area (Å²) in [4.78, 5) is 14.4. The quantitative estimate of drug-likeness (QED) is 0.492. The highest BCUT2D eigenvalue weighted by molar-refractivity contribution is 6.30. The Morgan fingerprint density at radius 3 is 2.48 bits per heavy atom. The predicted octanol–water partition coefficient (Wildman–Crippen LogP) is 3.92. The van der Waals surface area contributed by atoms with Crippen molar-refractivity contribution in [3.8, 4) is 34.4 Å². The van der Waals surface area contributed by atoms with E-state index in [1.54, 1.807) is 47.2 Å². The summed E-state index contributed by atoms with van der Waals surface area (Å²) in [7, 11) is 0. The molecule has 27 heavy (non-hydrogen) atoms. The highest BCUT2D eigenvalue weighted by Crippen LogP contribution is 2.33. The van der Waals surface area contributed by atoms with Crippen molar-refractivity contribution in [2.45, 2.75) is 0 Å². The van der Waals surface area contributed by atoms with Crippen LogP contribution >= 0.6 is 11.6 Å². The molecular weight excluding hydrogens is 366 g/mol. The highest BCUT2D eigenvalue weighted by Gasteiger charge is 2.16. The Morgan fingerprint density at radius 2 is 1.81 bits per heavy atom. The molecule has 0 aliphatic heterocycles. The van der Waals surface area contributed by atoms with Crippen LogP contribution in [0.2, 0.25) is 5.02 Å².